The first-order valence-corrected chi connectivity index (χ1v) is 7.58. The van der Waals surface area contributed by atoms with Gasteiger partial charge < -0.3 is 5.73 Å². The summed E-state index contributed by atoms with van der Waals surface area (Å²) in [5.41, 5.74) is 9.75. The van der Waals surface area contributed by atoms with Gasteiger partial charge in [-0.1, -0.05) is 48.5 Å². The van der Waals surface area contributed by atoms with Gasteiger partial charge >= 0.3 is 11.7 Å². The molecule has 108 valence electrons. The van der Waals surface area contributed by atoms with Crippen molar-refractivity contribution in [2.24, 2.45) is 0 Å². The molecule has 6 heteroatoms. The van der Waals surface area contributed by atoms with E-state index < -0.39 is 0 Å². The van der Waals surface area contributed by atoms with Crippen LogP contribution in [0.5, 0.6) is 0 Å². The standard InChI is InChI=1S/C16H13N4OS/c17-16-18-14(12-6-2-1-3-7-12)15(19-20-16)13-8-4-5-11(9-13)10-22-21/h1-9H,10H2,(H2,17,18,20)/q+1. The first-order valence-electron chi connectivity index (χ1n) is 6.67. The van der Waals surface area contributed by atoms with E-state index in [2.05, 4.69) is 15.2 Å². The van der Waals surface area contributed by atoms with Crippen molar-refractivity contribution in [1.29, 1.82) is 0 Å². The maximum atomic E-state index is 10.7. The topological polar surface area (TPSA) is 81.8 Å². The molecule has 0 aliphatic carbocycles. The SMILES string of the molecule is Nc1nnc(-c2cccc(C[S+]=O)c2)c(-c2ccccc2)n1. The number of aromatic nitrogens is 3. The van der Waals surface area contributed by atoms with E-state index in [4.69, 9.17) is 5.73 Å². The molecule has 0 spiro atoms. The molecule has 0 bridgehead atoms. The Hall–Kier alpha value is -2.73. The van der Waals surface area contributed by atoms with E-state index in [0.29, 0.717) is 28.8 Å². The summed E-state index contributed by atoms with van der Waals surface area (Å²) in [6.07, 6.45) is 0. The fourth-order valence-electron chi connectivity index (χ4n) is 2.21. The van der Waals surface area contributed by atoms with Gasteiger partial charge in [-0.2, -0.15) is 0 Å². The third-order valence-corrected chi connectivity index (χ3v) is 3.63. The van der Waals surface area contributed by atoms with Crippen LogP contribution in [0.15, 0.2) is 54.6 Å². The van der Waals surface area contributed by atoms with Crippen molar-refractivity contribution >= 4 is 17.6 Å². The van der Waals surface area contributed by atoms with Crippen LogP contribution in [-0.4, -0.2) is 15.2 Å². The van der Waals surface area contributed by atoms with Gasteiger partial charge in [-0.3, -0.25) is 0 Å². The molecule has 0 saturated heterocycles. The number of benzene rings is 2. The zero-order chi connectivity index (χ0) is 15.4. The monoisotopic (exact) mass is 309 g/mol. The summed E-state index contributed by atoms with van der Waals surface area (Å²) in [6, 6.07) is 17.4. The summed E-state index contributed by atoms with van der Waals surface area (Å²) in [7, 11) is 0. The molecule has 0 unspecified atom stereocenters. The van der Waals surface area contributed by atoms with E-state index in [1.807, 2.05) is 54.6 Å². The van der Waals surface area contributed by atoms with Gasteiger partial charge in [0, 0.05) is 20.9 Å². The molecular formula is C16H13N4OS+. The van der Waals surface area contributed by atoms with Crippen LogP contribution in [0.4, 0.5) is 5.95 Å². The zero-order valence-electron chi connectivity index (χ0n) is 11.6. The minimum absolute atomic E-state index is 0.133. The Balaban J connectivity index is 2.15. The van der Waals surface area contributed by atoms with Crippen molar-refractivity contribution in [2.75, 3.05) is 5.73 Å². The lowest BCUT2D eigenvalue weighted by Crippen LogP contribution is -2.02. The third-order valence-electron chi connectivity index (χ3n) is 3.18. The Bertz CT molecular complexity index is 808. The molecule has 0 aliphatic heterocycles. The van der Waals surface area contributed by atoms with Crippen LogP contribution in [0.3, 0.4) is 0 Å². The van der Waals surface area contributed by atoms with Gasteiger partial charge in [-0.05, 0) is 6.07 Å². The number of hydrogen-bond acceptors (Lipinski definition) is 5. The molecule has 1 aromatic heterocycles. The van der Waals surface area contributed by atoms with Crippen molar-refractivity contribution in [3.8, 4) is 22.5 Å². The van der Waals surface area contributed by atoms with Crippen LogP contribution in [0.25, 0.3) is 22.5 Å². The molecule has 0 amide bonds. The molecule has 0 fully saturated rings. The molecule has 0 aliphatic rings. The Kier molecular flexibility index (Phi) is 4.11. The van der Waals surface area contributed by atoms with Crippen molar-refractivity contribution in [1.82, 2.24) is 15.2 Å². The molecule has 2 N–H and O–H groups in total. The fraction of sp³-hybridized carbons (Fsp3) is 0.0625. The lowest BCUT2D eigenvalue weighted by atomic mass is 10.0. The number of hydrogen-bond donors (Lipinski definition) is 1. The summed E-state index contributed by atoms with van der Waals surface area (Å²) in [5, 5.41) is 8.07. The largest absolute Gasteiger partial charge is 0.463 e. The Labute approximate surface area is 131 Å². The highest BCUT2D eigenvalue weighted by atomic mass is 32.1. The van der Waals surface area contributed by atoms with Gasteiger partial charge in [-0.15, -0.1) is 10.2 Å². The van der Waals surface area contributed by atoms with Crippen LogP contribution in [0.1, 0.15) is 5.56 Å². The quantitative estimate of drug-likeness (QED) is 0.749. The first-order chi connectivity index (χ1) is 10.8. The maximum Gasteiger partial charge on any atom is 0.463 e. The van der Waals surface area contributed by atoms with Gasteiger partial charge in [0.1, 0.15) is 11.4 Å². The molecule has 22 heavy (non-hydrogen) atoms. The molecule has 0 saturated carbocycles. The lowest BCUT2D eigenvalue weighted by molar-refractivity contribution is 0.604. The van der Waals surface area contributed by atoms with Crippen molar-refractivity contribution in [3.05, 3.63) is 60.2 Å². The predicted octanol–water partition coefficient (Wildman–Crippen LogP) is 2.72. The maximum absolute atomic E-state index is 10.7. The second-order valence-corrected chi connectivity index (χ2v) is 5.22. The van der Waals surface area contributed by atoms with E-state index in [9.17, 15) is 4.21 Å². The molecule has 3 aromatic rings. The van der Waals surface area contributed by atoms with E-state index in [-0.39, 0.29) is 5.95 Å². The van der Waals surface area contributed by atoms with Crippen LogP contribution in [-0.2, 0) is 21.6 Å². The summed E-state index contributed by atoms with van der Waals surface area (Å²) in [4.78, 5) is 4.33. The van der Waals surface area contributed by atoms with Gasteiger partial charge in [0.05, 0.1) is 0 Å². The second-order valence-electron chi connectivity index (χ2n) is 4.70. The summed E-state index contributed by atoms with van der Waals surface area (Å²) < 4.78 is 10.7. The summed E-state index contributed by atoms with van der Waals surface area (Å²) in [5.74, 6) is 0.540. The van der Waals surface area contributed by atoms with Crippen LogP contribution < -0.4 is 5.73 Å². The highest BCUT2D eigenvalue weighted by Gasteiger charge is 2.14. The highest BCUT2D eigenvalue weighted by Crippen LogP contribution is 2.29. The number of nitrogens with two attached hydrogens (primary N) is 1. The number of nitrogens with zero attached hydrogens (tertiary/aromatic N) is 3. The molecular weight excluding hydrogens is 296 g/mol. The number of rotatable bonds is 4. The minimum Gasteiger partial charge on any atom is -0.366 e. The van der Waals surface area contributed by atoms with E-state index in [1.54, 1.807) is 0 Å². The van der Waals surface area contributed by atoms with Gasteiger partial charge in [0.15, 0.2) is 0 Å². The summed E-state index contributed by atoms with van der Waals surface area (Å²) >= 11 is 0.540. The third kappa shape index (κ3) is 2.96. The van der Waals surface area contributed by atoms with Crippen LogP contribution in [0, 0.1) is 0 Å². The highest BCUT2D eigenvalue weighted by molar-refractivity contribution is 7.64. The Morgan fingerprint density at radius 3 is 2.45 bits per heavy atom. The van der Waals surface area contributed by atoms with E-state index in [1.165, 1.54) is 0 Å². The molecule has 1 heterocycles. The molecule has 2 aromatic carbocycles. The van der Waals surface area contributed by atoms with Crippen molar-refractivity contribution in [2.45, 2.75) is 5.75 Å². The van der Waals surface area contributed by atoms with E-state index >= 15 is 0 Å². The fourth-order valence-corrected chi connectivity index (χ4v) is 2.52. The normalized spacial score (nSPS) is 10.4. The van der Waals surface area contributed by atoms with Crippen molar-refractivity contribution < 1.29 is 4.21 Å². The van der Waals surface area contributed by atoms with Gasteiger partial charge in [-0.25, -0.2) is 4.98 Å². The van der Waals surface area contributed by atoms with Gasteiger partial charge in [0.2, 0.25) is 5.95 Å². The van der Waals surface area contributed by atoms with Crippen molar-refractivity contribution in [3.63, 3.8) is 0 Å². The lowest BCUT2D eigenvalue weighted by Gasteiger charge is -2.08. The van der Waals surface area contributed by atoms with Crippen LogP contribution in [0.2, 0.25) is 0 Å². The van der Waals surface area contributed by atoms with Crippen LogP contribution >= 0.6 is 0 Å². The predicted molar refractivity (Wildman–Crippen MR) is 86.9 cm³/mol. The molecule has 0 atom stereocenters. The first kappa shape index (κ1) is 14.2. The average Bonchev–Trinajstić information content (AvgIpc) is 2.56. The summed E-state index contributed by atoms with van der Waals surface area (Å²) in [6.45, 7) is 0. The molecule has 0 radical (unpaired) electrons. The molecule has 3 rings (SSSR count). The van der Waals surface area contributed by atoms with E-state index in [0.717, 1.165) is 16.7 Å². The average molecular weight is 309 g/mol. The number of anilines is 1. The molecule has 5 nitrogen and oxygen atoms in total. The number of nitrogen functional groups attached to an aromatic ring is 1. The minimum atomic E-state index is 0.133. The van der Waals surface area contributed by atoms with Gasteiger partial charge in [0.25, 0.3) is 5.75 Å². The zero-order valence-corrected chi connectivity index (χ0v) is 12.5. The smallest absolute Gasteiger partial charge is 0.366 e. The Morgan fingerprint density at radius 1 is 0.909 bits per heavy atom. The second kappa shape index (κ2) is 6.36. The Morgan fingerprint density at radius 2 is 1.68 bits per heavy atom.